The predicted octanol–water partition coefficient (Wildman–Crippen LogP) is -3.71. The molecule has 0 amide bonds. The van der Waals surface area contributed by atoms with Gasteiger partial charge in [0.25, 0.3) is 0 Å². The molecule has 0 N–H and O–H groups in total. The number of rotatable bonds is 0. The lowest BCUT2D eigenvalue weighted by Gasteiger charge is -1.85. The Kier molecular flexibility index (Phi) is 11.0. The van der Waals surface area contributed by atoms with E-state index < -0.39 is 21.1 Å². The minimum absolute atomic E-state index is 0.265. The topological polar surface area (TPSA) is 80.3 Å². The van der Waals surface area contributed by atoms with Gasteiger partial charge in [0.1, 0.15) is 0 Å². The Morgan fingerprint density at radius 2 is 1.00 bits per heavy atom. The fourth-order valence-electron chi connectivity index (χ4n) is 0. The second-order valence-corrected chi connectivity index (χ2v) is 6.41. The van der Waals surface area contributed by atoms with E-state index in [0.717, 1.165) is 0 Å². The maximum atomic E-state index is 9.06. The molecule has 2 unspecified atom stereocenters. The molecule has 0 aliphatic carbocycles. The van der Waals surface area contributed by atoms with Crippen molar-refractivity contribution >= 4 is 39.8 Å². The van der Waals surface area contributed by atoms with Crippen LogP contribution in [0.2, 0.25) is 0 Å². The van der Waals surface area contributed by atoms with E-state index >= 15 is 0 Å². The zero-order valence-electron chi connectivity index (χ0n) is 4.45. The molecule has 0 aromatic heterocycles. The first kappa shape index (κ1) is 11.5. The summed E-state index contributed by atoms with van der Waals surface area (Å²) in [5.74, 6) is 0. The molecule has 0 radical (unpaired) electrons. The van der Waals surface area contributed by atoms with Crippen LogP contribution in [0.3, 0.4) is 0 Å². The zero-order chi connectivity index (χ0) is 7.15. The van der Waals surface area contributed by atoms with Gasteiger partial charge in [-0.3, -0.25) is 8.42 Å². The van der Waals surface area contributed by atoms with Gasteiger partial charge in [0, 0.05) is 0 Å². The average molecular weight is 190 g/mol. The molecule has 0 fully saturated rings. The quantitative estimate of drug-likeness (QED) is 0.291. The van der Waals surface area contributed by atoms with E-state index in [-0.39, 0.29) is 18.8 Å². The van der Waals surface area contributed by atoms with Crippen LogP contribution < -0.4 is 0 Å². The summed E-state index contributed by atoms with van der Waals surface area (Å²) in [7, 11) is -2.91. The van der Waals surface area contributed by atoms with Gasteiger partial charge in [-0.25, -0.2) is 0 Å². The minimum atomic E-state index is -1.72. The van der Waals surface area contributed by atoms with Crippen LogP contribution in [0, 0.1) is 0 Å². The van der Waals surface area contributed by atoms with Crippen molar-refractivity contribution in [2.45, 2.75) is 0 Å². The van der Waals surface area contributed by atoms with Crippen LogP contribution in [-0.4, -0.2) is 36.3 Å². The second-order valence-electron chi connectivity index (χ2n) is 0.803. The molecule has 8 heteroatoms. The molecule has 0 aromatic rings. The summed E-state index contributed by atoms with van der Waals surface area (Å²) in [6, 6.07) is 0. The highest BCUT2D eigenvalue weighted by Crippen LogP contribution is 1.42. The molecular weight excluding hydrogens is 184 g/mol. The Labute approximate surface area is 57.8 Å². The SMILES string of the molecule is O=S([O-])[SiH3].O=S([O-])[SiH3]. The maximum Gasteiger partial charge on any atom is 0.0928 e. The highest BCUT2D eigenvalue weighted by Gasteiger charge is 1.42. The fraction of sp³-hybridized carbons (Fsp3) is 0. The summed E-state index contributed by atoms with van der Waals surface area (Å²) in [6.45, 7) is 0. The van der Waals surface area contributed by atoms with Crippen molar-refractivity contribution in [3.63, 3.8) is 0 Å². The van der Waals surface area contributed by atoms with Crippen molar-refractivity contribution in [2.75, 3.05) is 0 Å². The smallest absolute Gasteiger partial charge is 0.0928 e. The van der Waals surface area contributed by atoms with Crippen LogP contribution in [0.15, 0.2) is 0 Å². The van der Waals surface area contributed by atoms with E-state index in [1.165, 1.54) is 0 Å². The highest BCUT2D eigenvalue weighted by molar-refractivity contribution is 8.02. The van der Waals surface area contributed by atoms with Crippen molar-refractivity contribution in [2.24, 2.45) is 0 Å². The van der Waals surface area contributed by atoms with Gasteiger partial charge >= 0.3 is 0 Å². The normalized spacial score (nSPS) is 16.2. The largest absolute Gasteiger partial charge is 0.778 e. The molecule has 2 atom stereocenters. The third-order valence-electron chi connectivity index (χ3n) is 0. The lowest BCUT2D eigenvalue weighted by molar-refractivity contribution is 0.550. The molecule has 0 saturated heterocycles. The summed E-state index contributed by atoms with van der Waals surface area (Å²) >= 11 is 0. The molecule has 0 saturated carbocycles. The van der Waals surface area contributed by atoms with Crippen molar-refractivity contribution in [1.29, 1.82) is 0 Å². The average Bonchev–Trinajstić information content (AvgIpc) is 1.25. The highest BCUT2D eigenvalue weighted by atomic mass is 32.4. The molecule has 0 aliphatic heterocycles. The second kappa shape index (κ2) is 7.65. The molecule has 0 spiro atoms. The third kappa shape index (κ3) is 498. The first-order valence-corrected chi connectivity index (χ1v) is 9.35. The van der Waals surface area contributed by atoms with Crippen LogP contribution in [0.1, 0.15) is 0 Å². The van der Waals surface area contributed by atoms with Crippen molar-refractivity contribution in [1.82, 2.24) is 0 Å². The monoisotopic (exact) mass is 190 g/mol. The fourth-order valence-corrected chi connectivity index (χ4v) is 0. The molecule has 0 aliphatic rings. The lowest BCUT2D eigenvalue weighted by atomic mass is 15.9. The van der Waals surface area contributed by atoms with Crippen molar-refractivity contribution in [3.8, 4) is 0 Å². The van der Waals surface area contributed by atoms with Gasteiger partial charge in [-0.05, 0) is 0 Å². The van der Waals surface area contributed by atoms with Gasteiger partial charge in [-0.15, -0.1) is 0 Å². The lowest BCUT2D eigenvalue weighted by Crippen LogP contribution is -1.77. The van der Waals surface area contributed by atoms with E-state index in [1.807, 2.05) is 0 Å². The Morgan fingerprint density at radius 3 is 1.00 bits per heavy atom. The standard InChI is InChI=1S/2H4O2SSi/c2*1-3(2)4/h2*4H3,(H,1,2)/p-2. The molecule has 52 valence electrons. The number of hydrogen-bond acceptors (Lipinski definition) is 4. The molecule has 4 nitrogen and oxygen atoms in total. The van der Waals surface area contributed by atoms with Crippen LogP contribution in [0.25, 0.3) is 0 Å². The van der Waals surface area contributed by atoms with Crippen molar-refractivity contribution < 1.29 is 17.5 Å². The summed E-state index contributed by atoms with van der Waals surface area (Å²) in [4.78, 5) is 0. The van der Waals surface area contributed by atoms with E-state index in [9.17, 15) is 0 Å². The first-order valence-electron chi connectivity index (χ1n) is 1.48. The summed E-state index contributed by atoms with van der Waals surface area (Å²) in [5, 5.41) is 0. The molecule has 0 aromatic carbocycles. The van der Waals surface area contributed by atoms with E-state index in [4.69, 9.17) is 17.5 Å². The molecule has 0 heterocycles. The summed E-state index contributed by atoms with van der Waals surface area (Å²) < 4.78 is 36.2. The maximum absolute atomic E-state index is 9.06. The predicted molar refractivity (Wildman–Crippen MR) is 37.7 cm³/mol. The summed E-state index contributed by atoms with van der Waals surface area (Å²) in [5.41, 5.74) is 0. The Hall–Kier alpha value is 0.654. The van der Waals surface area contributed by atoms with Crippen LogP contribution >= 0.6 is 0 Å². The van der Waals surface area contributed by atoms with Gasteiger partial charge in [0.15, 0.2) is 0 Å². The Morgan fingerprint density at radius 1 is 1.00 bits per heavy atom. The zero-order valence-corrected chi connectivity index (χ0v) is 10.1. The Bertz CT molecular complexity index is 70.0. The Balaban J connectivity index is 0. The summed E-state index contributed by atoms with van der Waals surface area (Å²) in [6.07, 6.45) is 0. The third-order valence-corrected chi connectivity index (χ3v) is 0. The van der Waals surface area contributed by atoms with Gasteiger partial charge in [0.05, 0.1) is 18.8 Å². The molecule has 0 bridgehead atoms. The molecule has 8 heavy (non-hydrogen) atoms. The van der Waals surface area contributed by atoms with Crippen LogP contribution in [0.4, 0.5) is 0 Å². The van der Waals surface area contributed by atoms with Gasteiger partial charge in [0.2, 0.25) is 0 Å². The van der Waals surface area contributed by atoms with E-state index in [1.54, 1.807) is 0 Å². The van der Waals surface area contributed by atoms with Crippen LogP contribution in [-0.2, 0) is 21.1 Å². The van der Waals surface area contributed by atoms with E-state index in [2.05, 4.69) is 0 Å². The number of hydrogen-bond donors (Lipinski definition) is 0. The van der Waals surface area contributed by atoms with Crippen LogP contribution in [0.5, 0.6) is 0 Å². The molecule has 0 rings (SSSR count). The van der Waals surface area contributed by atoms with E-state index in [0.29, 0.717) is 0 Å². The first-order chi connectivity index (χ1) is 3.46. The van der Waals surface area contributed by atoms with Crippen molar-refractivity contribution in [3.05, 3.63) is 0 Å². The molecular formula is H6O4S2Si2-2. The van der Waals surface area contributed by atoms with Gasteiger partial charge in [-0.1, -0.05) is 21.1 Å². The van der Waals surface area contributed by atoms with Gasteiger partial charge < -0.3 is 9.11 Å². The minimum Gasteiger partial charge on any atom is -0.778 e. The van der Waals surface area contributed by atoms with Gasteiger partial charge in [-0.2, -0.15) is 0 Å².